The Hall–Kier alpha value is -1.79. The van der Waals surface area contributed by atoms with Crippen LogP contribution < -0.4 is 0 Å². The summed E-state index contributed by atoms with van der Waals surface area (Å²) in [5.41, 5.74) is -0.245. The molecule has 1 aliphatic heterocycles. The van der Waals surface area contributed by atoms with E-state index in [0.29, 0.717) is 6.61 Å². The van der Waals surface area contributed by atoms with Crippen molar-refractivity contribution in [3.05, 3.63) is 41.5 Å². The van der Waals surface area contributed by atoms with Crippen LogP contribution in [0.3, 0.4) is 0 Å². The van der Waals surface area contributed by atoms with E-state index in [2.05, 4.69) is 0 Å². The molecule has 1 aromatic rings. The van der Waals surface area contributed by atoms with Crippen molar-refractivity contribution in [3.8, 4) is 0 Å². The Balaban J connectivity index is 2.11. The average Bonchev–Trinajstić information content (AvgIpc) is 2.47. The van der Waals surface area contributed by atoms with Crippen LogP contribution in [-0.2, 0) is 9.53 Å². The molecule has 114 valence electrons. The number of carbonyl (C=O) groups excluding carboxylic acids is 1. The van der Waals surface area contributed by atoms with Crippen molar-refractivity contribution in [1.82, 2.24) is 4.90 Å². The predicted molar refractivity (Wildman–Crippen MR) is 73.4 cm³/mol. The number of aliphatic hydroxyl groups excluding tert-OH is 1. The number of aliphatic hydroxyl groups is 1. The monoisotopic (exact) mass is 297 g/mol. The van der Waals surface area contributed by atoms with Gasteiger partial charge in [-0.25, -0.2) is 8.78 Å². The molecule has 1 fully saturated rings. The van der Waals surface area contributed by atoms with Crippen molar-refractivity contribution in [1.29, 1.82) is 0 Å². The van der Waals surface area contributed by atoms with Crippen molar-refractivity contribution < 1.29 is 23.4 Å². The highest BCUT2D eigenvalue weighted by atomic mass is 19.1. The van der Waals surface area contributed by atoms with Gasteiger partial charge >= 0.3 is 0 Å². The van der Waals surface area contributed by atoms with Crippen LogP contribution in [0.25, 0.3) is 6.08 Å². The van der Waals surface area contributed by atoms with Crippen LogP contribution in [0.4, 0.5) is 8.78 Å². The van der Waals surface area contributed by atoms with Crippen molar-refractivity contribution in [2.75, 3.05) is 19.8 Å². The van der Waals surface area contributed by atoms with Gasteiger partial charge in [-0.15, -0.1) is 0 Å². The summed E-state index contributed by atoms with van der Waals surface area (Å²) < 4.78 is 32.3. The molecule has 1 heterocycles. The number of hydrogen-bond acceptors (Lipinski definition) is 3. The van der Waals surface area contributed by atoms with Gasteiger partial charge in [0.05, 0.1) is 25.4 Å². The third-order valence-electron chi connectivity index (χ3n) is 3.38. The number of benzene rings is 1. The Morgan fingerprint density at radius 2 is 2.14 bits per heavy atom. The highest BCUT2D eigenvalue weighted by Crippen LogP contribution is 2.16. The molecule has 4 nitrogen and oxygen atoms in total. The molecule has 0 saturated carbocycles. The summed E-state index contributed by atoms with van der Waals surface area (Å²) in [5.74, 6) is -1.81. The molecule has 0 radical (unpaired) electrons. The topological polar surface area (TPSA) is 49.8 Å². The van der Waals surface area contributed by atoms with E-state index in [1.807, 2.05) is 6.92 Å². The molecule has 2 atom stereocenters. The van der Waals surface area contributed by atoms with Gasteiger partial charge in [-0.2, -0.15) is 0 Å². The number of ether oxygens (including phenoxy) is 1. The lowest BCUT2D eigenvalue weighted by molar-refractivity contribution is -0.140. The fourth-order valence-electron chi connectivity index (χ4n) is 2.16. The summed E-state index contributed by atoms with van der Waals surface area (Å²) in [4.78, 5) is 13.6. The Bertz CT molecular complexity index is 527. The number of rotatable bonds is 3. The molecule has 0 aliphatic carbocycles. The lowest BCUT2D eigenvalue weighted by atomic mass is 10.1. The van der Waals surface area contributed by atoms with Gasteiger partial charge < -0.3 is 14.7 Å². The summed E-state index contributed by atoms with van der Waals surface area (Å²) in [7, 11) is 0. The molecule has 6 heteroatoms. The fourth-order valence-corrected chi connectivity index (χ4v) is 2.16. The van der Waals surface area contributed by atoms with E-state index in [9.17, 15) is 13.6 Å². The number of halogens is 2. The zero-order valence-electron chi connectivity index (χ0n) is 11.6. The largest absolute Gasteiger partial charge is 0.394 e. The first-order valence-electron chi connectivity index (χ1n) is 6.68. The maximum absolute atomic E-state index is 13.5. The van der Waals surface area contributed by atoms with Crippen LogP contribution in [0, 0.1) is 11.6 Å². The Morgan fingerprint density at radius 3 is 2.76 bits per heavy atom. The minimum absolute atomic E-state index is 0.157. The number of morpholine rings is 1. The Kier molecular flexibility index (Phi) is 5.03. The first-order chi connectivity index (χ1) is 10.0. The van der Waals surface area contributed by atoms with E-state index in [4.69, 9.17) is 9.84 Å². The normalized spacial score (nSPS) is 22.8. The zero-order valence-corrected chi connectivity index (χ0v) is 11.6. The summed E-state index contributed by atoms with van der Waals surface area (Å²) >= 11 is 0. The second-order valence-corrected chi connectivity index (χ2v) is 4.95. The SMILES string of the molecule is CC1COC(CO)CN1C(=O)/C=C/c1c(F)cccc1F. The van der Waals surface area contributed by atoms with Crippen molar-refractivity contribution in [2.45, 2.75) is 19.1 Å². The van der Waals surface area contributed by atoms with Crippen LogP contribution in [0.2, 0.25) is 0 Å². The van der Waals surface area contributed by atoms with E-state index in [1.165, 1.54) is 11.0 Å². The highest BCUT2D eigenvalue weighted by molar-refractivity contribution is 5.92. The highest BCUT2D eigenvalue weighted by Gasteiger charge is 2.28. The summed E-state index contributed by atoms with van der Waals surface area (Å²) in [5, 5.41) is 9.08. The van der Waals surface area contributed by atoms with Crippen molar-refractivity contribution in [2.24, 2.45) is 0 Å². The van der Waals surface area contributed by atoms with Crippen LogP contribution in [0.1, 0.15) is 12.5 Å². The second kappa shape index (κ2) is 6.78. The average molecular weight is 297 g/mol. The Labute approximate surface area is 121 Å². The molecular weight excluding hydrogens is 280 g/mol. The summed E-state index contributed by atoms with van der Waals surface area (Å²) in [6.45, 7) is 2.20. The predicted octanol–water partition coefficient (Wildman–Crippen LogP) is 1.59. The van der Waals surface area contributed by atoms with Gasteiger partial charge in [0.1, 0.15) is 11.6 Å². The minimum atomic E-state index is -0.720. The number of amides is 1. The van der Waals surface area contributed by atoms with Crippen molar-refractivity contribution in [3.63, 3.8) is 0 Å². The van der Waals surface area contributed by atoms with E-state index >= 15 is 0 Å². The van der Waals surface area contributed by atoms with E-state index in [-0.39, 0.29) is 30.7 Å². The molecule has 1 saturated heterocycles. The molecule has 1 N–H and O–H groups in total. The minimum Gasteiger partial charge on any atom is -0.394 e. The molecule has 0 bridgehead atoms. The number of carbonyl (C=O) groups is 1. The lowest BCUT2D eigenvalue weighted by Crippen LogP contribution is -2.51. The van der Waals surface area contributed by atoms with Gasteiger partial charge in [-0.05, 0) is 25.1 Å². The zero-order chi connectivity index (χ0) is 15.4. The maximum Gasteiger partial charge on any atom is 0.246 e. The molecular formula is C15H17F2NO3. The van der Waals surface area contributed by atoms with E-state index in [0.717, 1.165) is 24.3 Å². The summed E-state index contributed by atoms with van der Waals surface area (Å²) in [6.07, 6.45) is 1.84. The third kappa shape index (κ3) is 3.65. The standard InChI is InChI=1S/C15H17F2NO3/c1-10-9-21-11(8-19)7-18(10)15(20)6-5-12-13(16)3-2-4-14(12)17/h2-6,10-11,19H,7-9H2,1H3/b6-5+. The molecule has 1 aliphatic rings. The molecule has 0 aromatic heterocycles. The van der Waals surface area contributed by atoms with Crippen LogP contribution >= 0.6 is 0 Å². The fraction of sp³-hybridized carbons (Fsp3) is 0.400. The number of hydrogen-bond donors (Lipinski definition) is 1. The van der Waals surface area contributed by atoms with Gasteiger partial charge in [0.15, 0.2) is 0 Å². The van der Waals surface area contributed by atoms with Gasteiger partial charge in [0.2, 0.25) is 5.91 Å². The van der Waals surface area contributed by atoms with Gasteiger partial charge in [0.25, 0.3) is 0 Å². The summed E-state index contributed by atoms with van der Waals surface area (Å²) in [6, 6.07) is 3.37. The lowest BCUT2D eigenvalue weighted by Gasteiger charge is -2.36. The van der Waals surface area contributed by atoms with Crippen LogP contribution in [0.5, 0.6) is 0 Å². The first-order valence-corrected chi connectivity index (χ1v) is 6.68. The van der Waals surface area contributed by atoms with E-state index < -0.39 is 17.7 Å². The quantitative estimate of drug-likeness (QED) is 0.862. The second-order valence-electron chi connectivity index (χ2n) is 4.95. The smallest absolute Gasteiger partial charge is 0.246 e. The molecule has 1 aromatic carbocycles. The van der Waals surface area contributed by atoms with Gasteiger partial charge in [-0.3, -0.25) is 4.79 Å². The maximum atomic E-state index is 13.5. The first kappa shape index (κ1) is 15.6. The van der Waals surface area contributed by atoms with E-state index in [1.54, 1.807) is 0 Å². The molecule has 21 heavy (non-hydrogen) atoms. The molecule has 2 unspecified atom stereocenters. The molecule has 2 rings (SSSR count). The Morgan fingerprint density at radius 1 is 1.48 bits per heavy atom. The van der Waals surface area contributed by atoms with Crippen LogP contribution in [0.15, 0.2) is 24.3 Å². The number of nitrogens with zero attached hydrogens (tertiary/aromatic N) is 1. The van der Waals surface area contributed by atoms with Gasteiger partial charge in [0, 0.05) is 18.2 Å². The van der Waals surface area contributed by atoms with Gasteiger partial charge in [-0.1, -0.05) is 6.07 Å². The molecule has 0 spiro atoms. The van der Waals surface area contributed by atoms with Crippen LogP contribution in [-0.4, -0.2) is 47.8 Å². The van der Waals surface area contributed by atoms with Crippen molar-refractivity contribution >= 4 is 12.0 Å². The third-order valence-corrected chi connectivity index (χ3v) is 3.38. The molecule has 1 amide bonds.